The van der Waals surface area contributed by atoms with E-state index >= 15 is 0 Å². The topological polar surface area (TPSA) is 136 Å². The van der Waals surface area contributed by atoms with E-state index in [1.807, 2.05) is 0 Å². The van der Waals surface area contributed by atoms with Crippen LogP contribution in [0.1, 0.15) is 20.7 Å². The molecular weight excluding hydrogens is 336 g/mol. The molecule has 0 saturated carbocycles. The summed E-state index contributed by atoms with van der Waals surface area (Å²) >= 11 is 0. The van der Waals surface area contributed by atoms with Gasteiger partial charge in [0.1, 0.15) is 11.5 Å². The van der Waals surface area contributed by atoms with E-state index in [9.17, 15) is 19.2 Å². The molecule has 0 aliphatic heterocycles. The average Bonchev–Trinajstić information content (AvgIpc) is 2.55. The molecule has 0 saturated heterocycles. The highest BCUT2D eigenvalue weighted by Gasteiger charge is 2.16. The molecule has 0 atom stereocenters. The molecule has 2 aromatic rings. The first-order valence-corrected chi connectivity index (χ1v) is 6.63. The molecule has 0 aromatic heterocycles. The summed E-state index contributed by atoms with van der Waals surface area (Å²) in [6.07, 6.45) is -2.76. The standard InChI is InChI=1S/C16H10O9/c17-13(18)9-1-5-11(6-2-9)23-15(21)25-16(22)24-12-7-3-10(4-8-12)14(19)20/h1-8H,(H,17,18)(H,19,20). The maximum Gasteiger partial charge on any atom is 0.524 e. The molecule has 2 rings (SSSR count). The third kappa shape index (κ3) is 5.06. The van der Waals surface area contributed by atoms with Gasteiger partial charge in [0.15, 0.2) is 0 Å². The van der Waals surface area contributed by atoms with Gasteiger partial charge in [-0.2, -0.15) is 0 Å². The Bertz CT molecular complexity index is 737. The van der Waals surface area contributed by atoms with E-state index in [1.165, 1.54) is 48.5 Å². The predicted molar refractivity (Wildman–Crippen MR) is 79.9 cm³/mol. The van der Waals surface area contributed by atoms with Gasteiger partial charge in [-0.3, -0.25) is 0 Å². The lowest BCUT2D eigenvalue weighted by Crippen LogP contribution is -2.19. The molecular formula is C16H10O9. The molecule has 25 heavy (non-hydrogen) atoms. The van der Waals surface area contributed by atoms with Crippen molar-refractivity contribution in [3.63, 3.8) is 0 Å². The molecule has 0 amide bonds. The van der Waals surface area contributed by atoms with Crippen molar-refractivity contribution >= 4 is 24.2 Å². The first-order valence-electron chi connectivity index (χ1n) is 6.63. The Hall–Kier alpha value is -3.88. The van der Waals surface area contributed by atoms with Crippen molar-refractivity contribution in [2.45, 2.75) is 0 Å². The van der Waals surface area contributed by atoms with Gasteiger partial charge in [-0.15, -0.1) is 0 Å². The normalized spacial score (nSPS) is 9.76. The number of carbonyl (C=O) groups excluding carboxylic acids is 2. The van der Waals surface area contributed by atoms with Crippen LogP contribution >= 0.6 is 0 Å². The summed E-state index contributed by atoms with van der Waals surface area (Å²) in [6.45, 7) is 0. The molecule has 128 valence electrons. The van der Waals surface area contributed by atoms with Crippen molar-refractivity contribution in [2.75, 3.05) is 0 Å². The third-order valence-electron chi connectivity index (χ3n) is 2.77. The molecule has 2 aromatic carbocycles. The van der Waals surface area contributed by atoms with Crippen LogP contribution in [0, 0.1) is 0 Å². The zero-order valence-electron chi connectivity index (χ0n) is 12.4. The maximum atomic E-state index is 11.4. The monoisotopic (exact) mass is 346 g/mol. The molecule has 0 unspecified atom stereocenters. The van der Waals surface area contributed by atoms with Gasteiger partial charge in [0.2, 0.25) is 0 Å². The number of aromatic carboxylic acids is 2. The van der Waals surface area contributed by atoms with Crippen molar-refractivity contribution in [1.82, 2.24) is 0 Å². The van der Waals surface area contributed by atoms with Gasteiger partial charge in [0, 0.05) is 0 Å². The van der Waals surface area contributed by atoms with Crippen molar-refractivity contribution in [3.8, 4) is 11.5 Å². The van der Waals surface area contributed by atoms with E-state index in [0.29, 0.717) is 0 Å². The highest BCUT2D eigenvalue weighted by atomic mass is 16.8. The third-order valence-corrected chi connectivity index (χ3v) is 2.77. The second-order valence-electron chi connectivity index (χ2n) is 4.47. The minimum atomic E-state index is -1.38. The van der Waals surface area contributed by atoms with Gasteiger partial charge in [0.05, 0.1) is 11.1 Å². The van der Waals surface area contributed by atoms with Crippen LogP contribution in [0.3, 0.4) is 0 Å². The summed E-state index contributed by atoms with van der Waals surface area (Å²) in [7, 11) is 0. The van der Waals surface area contributed by atoms with Crippen LogP contribution in [0.2, 0.25) is 0 Å². The summed E-state index contributed by atoms with van der Waals surface area (Å²) in [5.74, 6) is -2.36. The zero-order valence-corrected chi connectivity index (χ0v) is 12.4. The molecule has 0 heterocycles. The van der Waals surface area contributed by atoms with E-state index < -0.39 is 24.2 Å². The maximum absolute atomic E-state index is 11.4. The summed E-state index contributed by atoms with van der Waals surface area (Å²) in [4.78, 5) is 44.2. The lowest BCUT2D eigenvalue weighted by Gasteiger charge is -2.06. The van der Waals surface area contributed by atoms with Crippen LogP contribution in [0.5, 0.6) is 11.5 Å². The Morgan fingerprint density at radius 2 is 0.920 bits per heavy atom. The Labute approximate surface area is 140 Å². The average molecular weight is 346 g/mol. The van der Waals surface area contributed by atoms with Gasteiger partial charge < -0.3 is 24.4 Å². The number of ether oxygens (including phenoxy) is 3. The molecule has 9 nitrogen and oxygen atoms in total. The lowest BCUT2D eigenvalue weighted by atomic mass is 10.2. The quantitative estimate of drug-likeness (QED) is 0.486. The van der Waals surface area contributed by atoms with E-state index in [2.05, 4.69) is 14.2 Å². The zero-order chi connectivity index (χ0) is 18.4. The predicted octanol–water partition coefficient (Wildman–Crippen LogP) is 2.80. The van der Waals surface area contributed by atoms with Crippen molar-refractivity contribution in [3.05, 3.63) is 59.7 Å². The molecule has 0 aliphatic carbocycles. The molecule has 9 heteroatoms. The van der Waals surface area contributed by atoms with Crippen molar-refractivity contribution in [2.24, 2.45) is 0 Å². The fourth-order valence-electron chi connectivity index (χ4n) is 1.63. The van der Waals surface area contributed by atoms with Crippen LogP contribution in [0.4, 0.5) is 9.59 Å². The largest absolute Gasteiger partial charge is 0.524 e. The Balaban J connectivity index is 1.88. The Morgan fingerprint density at radius 3 is 1.20 bits per heavy atom. The number of hydrogen-bond donors (Lipinski definition) is 2. The number of carbonyl (C=O) groups is 4. The fourth-order valence-corrected chi connectivity index (χ4v) is 1.63. The SMILES string of the molecule is O=C(OC(=O)Oc1ccc(C(=O)O)cc1)Oc1ccc(C(=O)O)cc1. The summed E-state index contributed by atoms with van der Waals surface area (Å²) in [5, 5.41) is 17.5. The smallest absolute Gasteiger partial charge is 0.478 e. The van der Waals surface area contributed by atoms with Crippen molar-refractivity contribution in [1.29, 1.82) is 0 Å². The van der Waals surface area contributed by atoms with Gasteiger partial charge in [-0.05, 0) is 48.5 Å². The molecule has 0 bridgehead atoms. The van der Waals surface area contributed by atoms with Gasteiger partial charge in [0.25, 0.3) is 0 Å². The minimum absolute atomic E-state index is 0.00932. The van der Waals surface area contributed by atoms with E-state index in [1.54, 1.807) is 0 Å². The van der Waals surface area contributed by atoms with Crippen LogP contribution in [0.15, 0.2) is 48.5 Å². The Morgan fingerprint density at radius 1 is 0.600 bits per heavy atom. The van der Waals surface area contributed by atoms with Crippen LogP contribution in [-0.2, 0) is 4.74 Å². The molecule has 0 radical (unpaired) electrons. The highest BCUT2D eigenvalue weighted by Crippen LogP contribution is 2.15. The number of carboxylic acid groups (broad SMARTS) is 2. The van der Waals surface area contributed by atoms with Crippen molar-refractivity contribution < 1.29 is 43.6 Å². The number of rotatable bonds is 4. The first-order chi connectivity index (χ1) is 11.8. The van der Waals surface area contributed by atoms with Gasteiger partial charge >= 0.3 is 24.2 Å². The number of carboxylic acids is 2. The second kappa shape index (κ2) is 7.59. The summed E-state index contributed by atoms with van der Waals surface area (Å²) in [6, 6.07) is 9.64. The van der Waals surface area contributed by atoms with Gasteiger partial charge in [-0.1, -0.05) is 0 Å². The molecule has 0 spiro atoms. The van der Waals surface area contributed by atoms with Crippen LogP contribution in [0.25, 0.3) is 0 Å². The number of benzene rings is 2. The second-order valence-corrected chi connectivity index (χ2v) is 4.47. The number of hydrogen-bond acceptors (Lipinski definition) is 7. The summed E-state index contributed by atoms with van der Waals surface area (Å²) < 4.78 is 13.6. The van der Waals surface area contributed by atoms with E-state index in [0.717, 1.165) is 0 Å². The van der Waals surface area contributed by atoms with Crippen LogP contribution in [-0.4, -0.2) is 34.5 Å². The van der Waals surface area contributed by atoms with Gasteiger partial charge in [-0.25, -0.2) is 19.2 Å². The van der Waals surface area contributed by atoms with E-state index in [-0.39, 0.29) is 22.6 Å². The minimum Gasteiger partial charge on any atom is -0.478 e. The summed E-state index contributed by atoms with van der Waals surface area (Å²) in [5.41, 5.74) is -0.0186. The first kappa shape index (κ1) is 17.5. The lowest BCUT2D eigenvalue weighted by molar-refractivity contribution is 0.0686. The Kier molecular flexibility index (Phi) is 5.31. The molecule has 0 aliphatic rings. The van der Waals surface area contributed by atoms with Crippen LogP contribution < -0.4 is 9.47 Å². The molecule has 0 fully saturated rings. The van der Waals surface area contributed by atoms with E-state index in [4.69, 9.17) is 10.2 Å². The highest BCUT2D eigenvalue weighted by molar-refractivity contribution is 5.88. The fraction of sp³-hybridized carbons (Fsp3) is 0. The molecule has 2 N–H and O–H groups in total.